The van der Waals surface area contributed by atoms with Crippen LogP contribution in [0.25, 0.3) is 0 Å². The van der Waals surface area contributed by atoms with E-state index in [1.54, 1.807) is 6.92 Å². The maximum atomic E-state index is 12.3. The van der Waals surface area contributed by atoms with Gasteiger partial charge in [-0.3, -0.25) is 4.79 Å². The molecule has 0 radical (unpaired) electrons. The van der Waals surface area contributed by atoms with Crippen molar-refractivity contribution in [3.63, 3.8) is 0 Å². The molecule has 0 saturated carbocycles. The van der Waals surface area contributed by atoms with Crippen molar-refractivity contribution in [3.05, 3.63) is 28.8 Å². The van der Waals surface area contributed by atoms with Gasteiger partial charge in [-0.15, -0.1) is 10.2 Å². The van der Waals surface area contributed by atoms with E-state index in [1.165, 1.54) is 23.1 Å². The topological polar surface area (TPSA) is 101 Å². The summed E-state index contributed by atoms with van der Waals surface area (Å²) in [6.07, 6.45) is 0.470. The summed E-state index contributed by atoms with van der Waals surface area (Å²) in [6.45, 7) is 3.69. The Kier molecular flexibility index (Phi) is 6.29. The zero-order valence-corrected chi connectivity index (χ0v) is 17.9. The Balaban J connectivity index is 1.55. The summed E-state index contributed by atoms with van der Waals surface area (Å²) in [7, 11) is -3.02. The number of aromatic nitrogens is 2. The molecule has 1 fully saturated rings. The van der Waals surface area contributed by atoms with Gasteiger partial charge in [-0.1, -0.05) is 40.8 Å². The largest absolute Gasteiger partial charge is 0.351 e. The number of hydrogen-bond acceptors (Lipinski definition) is 8. The highest BCUT2D eigenvalue weighted by molar-refractivity contribution is 8.02. The molecule has 2 heterocycles. The van der Waals surface area contributed by atoms with Gasteiger partial charge in [0.25, 0.3) is 0 Å². The monoisotopic (exact) mass is 446 g/mol. The highest BCUT2D eigenvalue weighted by Crippen LogP contribution is 2.31. The molecule has 11 heteroatoms. The quantitative estimate of drug-likeness (QED) is 0.657. The van der Waals surface area contributed by atoms with E-state index < -0.39 is 15.1 Å². The number of nitrogens with one attached hydrogen (secondary N) is 2. The molecule has 2 aromatic rings. The maximum absolute atomic E-state index is 12.3. The van der Waals surface area contributed by atoms with Gasteiger partial charge in [-0.2, -0.15) is 0 Å². The van der Waals surface area contributed by atoms with E-state index in [1.807, 2.05) is 25.1 Å². The minimum Gasteiger partial charge on any atom is -0.351 e. The summed E-state index contributed by atoms with van der Waals surface area (Å²) in [4.78, 5) is 12.3. The van der Waals surface area contributed by atoms with Gasteiger partial charge in [-0.05, 0) is 38.0 Å². The first-order valence-electron chi connectivity index (χ1n) is 8.26. The molecule has 2 atom stereocenters. The lowest BCUT2D eigenvalue weighted by atomic mass is 10.2. The predicted molar refractivity (Wildman–Crippen MR) is 110 cm³/mol. The van der Waals surface area contributed by atoms with E-state index in [4.69, 9.17) is 11.6 Å². The molecule has 0 spiro atoms. The standard InChI is InChI=1S/C16H19ClN4O3S3/c1-9-3-4-11(7-13(9)17)19-15-20-21-16(26-15)25-10(2)14(22)18-12-5-6-27(23,24)8-12/h3-4,7,10,12H,5-6,8H2,1-2H3,(H,18,22)(H,19,20). The molecule has 3 rings (SSSR count). The van der Waals surface area contributed by atoms with Crippen molar-refractivity contribution in [2.24, 2.45) is 0 Å². The molecule has 0 aliphatic carbocycles. The fraction of sp³-hybridized carbons (Fsp3) is 0.438. The lowest BCUT2D eigenvalue weighted by Crippen LogP contribution is -2.39. The van der Waals surface area contributed by atoms with Gasteiger partial charge in [0.2, 0.25) is 11.0 Å². The molecule has 0 bridgehead atoms. The van der Waals surface area contributed by atoms with Crippen LogP contribution in [0.3, 0.4) is 0 Å². The first kappa shape index (κ1) is 20.4. The number of anilines is 2. The van der Waals surface area contributed by atoms with E-state index in [-0.39, 0.29) is 23.5 Å². The molecular weight excluding hydrogens is 428 g/mol. The summed E-state index contributed by atoms with van der Waals surface area (Å²) in [6, 6.07) is 5.33. The first-order chi connectivity index (χ1) is 12.7. The number of carbonyl (C=O) groups is 1. The smallest absolute Gasteiger partial charge is 0.233 e. The van der Waals surface area contributed by atoms with E-state index in [0.29, 0.717) is 20.9 Å². The molecule has 1 aromatic heterocycles. The van der Waals surface area contributed by atoms with Crippen molar-refractivity contribution < 1.29 is 13.2 Å². The average molecular weight is 447 g/mol. The maximum Gasteiger partial charge on any atom is 0.233 e. The molecule has 146 valence electrons. The highest BCUT2D eigenvalue weighted by Gasteiger charge is 2.30. The first-order valence-corrected chi connectivity index (χ1v) is 12.2. The number of aryl methyl sites for hydroxylation is 1. The molecule has 2 unspecified atom stereocenters. The summed E-state index contributed by atoms with van der Waals surface area (Å²) in [5.74, 6) is -0.0483. The Labute approximate surface area is 171 Å². The van der Waals surface area contributed by atoms with Crippen molar-refractivity contribution in [2.75, 3.05) is 16.8 Å². The predicted octanol–water partition coefficient (Wildman–Crippen LogP) is 3.03. The van der Waals surface area contributed by atoms with Gasteiger partial charge in [0.05, 0.1) is 16.8 Å². The van der Waals surface area contributed by atoms with Crippen LogP contribution in [0.5, 0.6) is 0 Å². The number of halogens is 1. The molecule has 1 amide bonds. The third-order valence-electron chi connectivity index (χ3n) is 4.06. The number of amides is 1. The fourth-order valence-corrected chi connectivity index (χ4v) is 6.31. The van der Waals surface area contributed by atoms with Crippen molar-refractivity contribution in [1.29, 1.82) is 0 Å². The Hall–Kier alpha value is -1.36. The van der Waals surface area contributed by atoms with Crippen molar-refractivity contribution >= 4 is 61.3 Å². The number of rotatable bonds is 6. The van der Waals surface area contributed by atoms with Gasteiger partial charge in [0.15, 0.2) is 14.2 Å². The molecular formula is C16H19ClN4O3S3. The number of thioether (sulfide) groups is 1. The summed E-state index contributed by atoms with van der Waals surface area (Å²) >= 11 is 8.74. The number of nitrogens with zero attached hydrogens (tertiary/aromatic N) is 2. The lowest BCUT2D eigenvalue weighted by molar-refractivity contribution is -0.120. The van der Waals surface area contributed by atoms with Crippen LogP contribution >= 0.6 is 34.7 Å². The second-order valence-corrected chi connectivity index (χ2v) is 11.5. The highest BCUT2D eigenvalue weighted by atomic mass is 35.5. The fourth-order valence-electron chi connectivity index (χ4n) is 2.53. The van der Waals surface area contributed by atoms with Gasteiger partial charge in [0.1, 0.15) is 0 Å². The number of benzene rings is 1. The lowest BCUT2D eigenvalue weighted by Gasteiger charge is -2.14. The Morgan fingerprint density at radius 2 is 2.19 bits per heavy atom. The van der Waals surface area contributed by atoms with Gasteiger partial charge >= 0.3 is 0 Å². The zero-order valence-electron chi connectivity index (χ0n) is 14.7. The second kappa shape index (κ2) is 8.34. The van der Waals surface area contributed by atoms with Crippen LogP contribution in [0.15, 0.2) is 22.5 Å². The molecule has 1 aliphatic rings. The van der Waals surface area contributed by atoms with Gasteiger partial charge in [0, 0.05) is 16.8 Å². The molecule has 1 aromatic carbocycles. The van der Waals surface area contributed by atoms with Crippen molar-refractivity contribution in [1.82, 2.24) is 15.5 Å². The minimum atomic E-state index is -3.02. The van der Waals surface area contributed by atoms with Crippen LogP contribution in [-0.4, -0.2) is 47.3 Å². The van der Waals surface area contributed by atoms with E-state index in [0.717, 1.165) is 11.3 Å². The van der Waals surface area contributed by atoms with Gasteiger partial charge < -0.3 is 10.6 Å². The van der Waals surface area contributed by atoms with Crippen LogP contribution in [0.4, 0.5) is 10.8 Å². The van der Waals surface area contributed by atoms with Crippen LogP contribution < -0.4 is 10.6 Å². The molecule has 1 aliphatic heterocycles. The number of carbonyl (C=O) groups excluding carboxylic acids is 1. The molecule has 2 N–H and O–H groups in total. The SMILES string of the molecule is Cc1ccc(Nc2nnc(SC(C)C(=O)NC3CCS(=O)(=O)C3)s2)cc1Cl. The van der Waals surface area contributed by atoms with Crippen molar-refractivity contribution in [3.8, 4) is 0 Å². The van der Waals surface area contributed by atoms with E-state index >= 15 is 0 Å². The number of sulfone groups is 1. The summed E-state index contributed by atoms with van der Waals surface area (Å²) in [5.41, 5.74) is 1.80. The minimum absolute atomic E-state index is 0.0160. The van der Waals surface area contributed by atoms with Gasteiger partial charge in [-0.25, -0.2) is 8.42 Å². The van der Waals surface area contributed by atoms with E-state index in [9.17, 15) is 13.2 Å². The Morgan fingerprint density at radius 1 is 1.41 bits per heavy atom. The van der Waals surface area contributed by atoms with Crippen LogP contribution in [-0.2, 0) is 14.6 Å². The molecule has 7 nitrogen and oxygen atoms in total. The summed E-state index contributed by atoms with van der Waals surface area (Å²) < 4.78 is 23.6. The number of hydrogen-bond donors (Lipinski definition) is 2. The van der Waals surface area contributed by atoms with Crippen molar-refractivity contribution in [2.45, 2.75) is 35.9 Å². The van der Waals surface area contributed by atoms with Crippen LogP contribution in [0, 0.1) is 6.92 Å². The third kappa shape index (κ3) is 5.56. The zero-order chi connectivity index (χ0) is 19.6. The van der Waals surface area contributed by atoms with E-state index in [2.05, 4.69) is 20.8 Å². The Morgan fingerprint density at radius 3 is 2.85 bits per heavy atom. The second-order valence-electron chi connectivity index (χ2n) is 6.33. The van der Waals surface area contributed by atoms with Crippen LogP contribution in [0.1, 0.15) is 18.9 Å². The third-order valence-corrected chi connectivity index (χ3v) is 8.25. The summed E-state index contributed by atoms with van der Waals surface area (Å²) in [5, 5.41) is 15.0. The molecule has 27 heavy (non-hydrogen) atoms. The normalized spacial score (nSPS) is 19.6. The average Bonchev–Trinajstić information content (AvgIpc) is 3.16. The van der Waals surface area contributed by atoms with Crippen LogP contribution in [0.2, 0.25) is 5.02 Å². The molecule has 1 saturated heterocycles. The Bertz CT molecular complexity index is 948.